The summed E-state index contributed by atoms with van der Waals surface area (Å²) in [6.07, 6.45) is 9.90. The predicted molar refractivity (Wildman–Crippen MR) is 66.0 cm³/mol. The highest BCUT2D eigenvalue weighted by Gasteiger charge is 2.14. The third-order valence-corrected chi connectivity index (χ3v) is 6.19. The van der Waals surface area contributed by atoms with Gasteiger partial charge in [0.25, 0.3) is 0 Å². The van der Waals surface area contributed by atoms with Crippen molar-refractivity contribution in [3.05, 3.63) is 0 Å². The van der Waals surface area contributed by atoms with E-state index in [4.69, 9.17) is 9.79 Å². The Hall–Kier alpha value is 0.740. The lowest BCUT2D eigenvalue weighted by atomic mass is 9.86. The minimum absolute atomic E-state index is 0.218. The summed E-state index contributed by atoms with van der Waals surface area (Å²) in [4.78, 5) is 27.0. The number of hydrogen-bond donors (Lipinski definition) is 3. The van der Waals surface area contributed by atoms with Gasteiger partial charge < -0.3 is 14.7 Å². The quantitative estimate of drug-likeness (QED) is 0.637. The first-order chi connectivity index (χ1) is 7.18. The minimum Gasteiger partial charge on any atom is -0.373 e. The average molecular weight is 252 g/mol. The Kier molecular flexibility index (Phi) is 7.29. The summed E-state index contributed by atoms with van der Waals surface area (Å²) in [5.41, 5.74) is 0. The monoisotopic (exact) mass is 252 g/mol. The van der Waals surface area contributed by atoms with Gasteiger partial charge in [0.15, 0.2) is 8.38 Å². The molecule has 0 aromatic carbocycles. The van der Waals surface area contributed by atoms with Crippen molar-refractivity contribution in [2.24, 2.45) is 5.92 Å². The van der Waals surface area contributed by atoms with Crippen molar-refractivity contribution in [2.75, 3.05) is 12.1 Å². The molecule has 1 aliphatic carbocycles. The second-order valence-corrected chi connectivity index (χ2v) is 7.73. The molecular weight excluding hydrogens is 230 g/mol. The summed E-state index contributed by atoms with van der Waals surface area (Å²) in [5.74, 6) is 1.09. The van der Waals surface area contributed by atoms with Crippen molar-refractivity contribution in [1.82, 2.24) is 0 Å². The molecule has 0 saturated heterocycles. The first-order valence-electron chi connectivity index (χ1n) is 5.77. The molecule has 1 saturated carbocycles. The van der Waals surface area contributed by atoms with E-state index in [-0.39, 0.29) is 5.90 Å². The molecule has 1 unspecified atom stereocenters. The summed E-state index contributed by atoms with van der Waals surface area (Å²) in [5, 5.41) is 0. The van der Waals surface area contributed by atoms with E-state index in [0.717, 1.165) is 18.5 Å². The van der Waals surface area contributed by atoms with Crippen LogP contribution in [0.1, 0.15) is 44.9 Å². The molecule has 5 heteroatoms. The third kappa shape index (κ3) is 6.81. The van der Waals surface area contributed by atoms with Crippen molar-refractivity contribution in [2.45, 2.75) is 44.9 Å². The molecule has 0 spiro atoms. The van der Waals surface area contributed by atoms with Crippen LogP contribution in [0.4, 0.5) is 0 Å². The van der Waals surface area contributed by atoms with Gasteiger partial charge in [0.05, 0.1) is 5.90 Å². The minimum atomic E-state index is -1.89. The second-order valence-electron chi connectivity index (χ2n) is 4.39. The van der Waals surface area contributed by atoms with Crippen LogP contribution in [0, 0.1) is 5.92 Å². The molecule has 3 nitrogen and oxygen atoms in total. The topological polar surface area (TPSA) is 60.7 Å². The fourth-order valence-electron chi connectivity index (χ4n) is 2.26. The van der Waals surface area contributed by atoms with Gasteiger partial charge in [-0.3, -0.25) is 0 Å². The van der Waals surface area contributed by atoms with E-state index >= 15 is 0 Å². The fourth-order valence-corrected chi connectivity index (χ4v) is 4.54. The zero-order valence-corrected chi connectivity index (χ0v) is 11.0. The SMILES string of the molecule is OP(O)CP(O)CCCC1CCCCC1. The maximum absolute atomic E-state index is 9.51. The number of rotatable bonds is 6. The molecular formula is C10H22O3P2. The molecule has 90 valence electrons. The molecule has 1 fully saturated rings. The summed E-state index contributed by atoms with van der Waals surface area (Å²) < 4.78 is 0. The maximum Gasteiger partial charge on any atom is 0.171 e. The van der Waals surface area contributed by atoms with Crippen LogP contribution >= 0.6 is 16.5 Å². The molecule has 0 aromatic heterocycles. The zero-order valence-electron chi connectivity index (χ0n) is 9.18. The van der Waals surface area contributed by atoms with E-state index < -0.39 is 16.5 Å². The Labute approximate surface area is 94.7 Å². The second kappa shape index (κ2) is 7.92. The Balaban J connectivity index is 1.99. The fraction of sp³-hybridized carbons (Fsp3) is 1.00. The van der Waals surface area contributed by atoms with Crippen molar-refractivity contribution >= 4 is 16.5 Å². The lowest BCUT2D eigenvalue weighted by Crippen LogP contribution is -2.06. The normalized spacial score (nSPS) is 20.8. The Morgan fingerprint density at radius 1 is 1.00 bits per heavy atom. The Bertz CT molecular complexity index is 161. The molecule has 0 heterocycles. The summed E-state index contributed by atoms with van der Waals surface area (Å²) >= 11 is 0. The standard InChI is InChI=1S/C10H22O3P2/c11-14(9-15(12)13)8-4-7-10-5-2-1-3-6-10/h10-13H,1-9H2. The Morgan fingerprint density at radius 3 is 2.27 bits per heavy atom. The van der Waals surface area contributed by atoms with Gasteiger partial charge in [-0.1, -0.05) is 38.5 Å². The summed E-state index contributed by atoms with van der Waals surface area (Å²) in [7, 11) is -3.01. The van der Waals surface area contributed by atoms with Crippen LogP contribution in [0.25, 0.3) is 0 Å². The molecule has 0 aliphatic heterocycles. The summed E-state index contributed by atoms with van der Waals surface area (Å²) in [6.45, 7) is 0. The molecule has 0 radical (unpaired) electrons. The van der Waals surface area contributed by atoms with Gasteiger partial charge in [-0.05, 0) is 18.5 Å². The third-order valence-electron chi connectivity index (χ3n) is 3.04. The molecule has 1 rings (SSSR count). The van der Waals surface area contributed by atoms with Crippen LogP contribution < -0.4 is 0 Å². The van der Waals surface area contributed by atoms with E-state index in [1.807, 2.05) is 0 Å². The van der Waals surface area contributed by atoms with Gasteiger partial charge in [-0.2, -0.15) is 0 Å². The molecule has 15 heavy (non-hydrogen) atoms. The molecule has 1 atom stereocenters. The van der Waals surface area contributed by atoms with Gasteiger partial charge in [0.1, 0.15) is 0 Å². The van der Waals surface area contributed by atoms with Crippen LogP contribution in [0.5, 0.6) is 0 Å². The van der Waals surface area contributed by atoms with Gasteiger partial charge in [-0.15, -0.1) is 0 Å². The highest BCUT2D eigenvalue weighted by molar-refractivity contribution is 7.66. The smallest absolute Gasteiger partial charge is 0.171 e. The summed E-state index contributed by atoms with van der Waals surface area (Å²) in [6, 6.07) is 0. The van der Waals surface area contributed by atoms with Crippen molar-refractivity contribution in [1.29, 1.82) is 0 Å². The molecule has 0 amide bonds. The van der Waals surface area contributed by atoms with E-state index in [0.29, 0.717) is 0 Å². The van der Waals surface area contributed by atoms with Crippen LogP contribution in [-0.2, 0) is 0 Å². The van der Waals surface area contributed by atoms with Gasteiger partial charge in [-0.25, -0.2) is 0 Å². The van der Waals surface area contributed by atoms with E-state index in [2.05, 4.69) is 0 Å². The lowest BCUT2D eigenvalue weighted by molar-refractivity contribution is 0.336. The average Bonchev–Trinajstić information content (AvgIpc) is 2.18. The maximum atomic E-state index is 9.51. The highest BCUT2D eigenvalue weighted by atomic mass is 31.2. The number of hydrogen-bond acceptors (Lipinski definition) is 3. The molecule has 0 bridgehead atoms. The molecule has 3 N–H and O–H groups in total. The van der Waals surface area contributed by atoms with Gasteiger partial charge >= 0.3 is 0 Å². The van der Waals surface area contributed by atoms with Crippen LogP contribution in [0.15, 0.2) is 0 Å². The highest BCUT2D eigenvalue weighted by Crippen LogP contribution is 2.44. The predicted octanol–water partition coefficient (Wildman–Crippen LogP) is 2.99. The zero-order chi connectivity index (χ0) is 11.1. The largest absolute Gasteiger partial charge is 0.373 e. The lowest BCUT2D eigenvalue weighted by Gasteiger charge is -2.21. The van der Waals surface area contributed by atoms with Gasteiger partial charge in [0.2, 0.25) is 0 Å². The van der Waals surface area contributed by atoms with Crippen LogP contribution in [0.2, 0.25) is 0 Å². The Morgan fingerprint density at radius 2 is 1.67 bits per heavy atom. The van der Waals surface area contributed by atoms with E-state index in [1.165, 1.54) is 38.5 Å². The van der Waals surface area contributed by atoms with Crippen molar-refractivity contribution < 1.29 is 14.7 Å². The molecule has 0 aromatic rings. The van der Waals surface area contributed by atoms with E-state index in [9.17, 15) is 4.89 Å². The van der Waals surface area contributed by atoms with Crippen molar-refractivity contribution in [3.8, 4) is 0 Å². The first-order valence-corrected chi connectivity index (χ1v) is 8.87. The molecule has 1 aliphatic rings. The first kappa shape index (κ1) is 13.8. The van der Waals surface area contributed by atoms with E-state index in [1.54, 1.807) is 0 Å². The van der Waals surface area contributed by atoms with Crippen LogP contribution in [-0.4, -0.2) is 26.7 Å². The van der Waals surface area contributed by atoms with Crippen molar-refractivity contribution in [3.63, 3.8) is 0 Å². The van der Waals surface area contributed by atoms with Gasteiger partial charge in [0, 0.05) is 8.15 Å². The van der Waals surface area contributed by atoms with Crippen LogP contribution in [0.3, 0.4) is 0 Å².